The number of carboxylic acid groups (broad SMARTS) is 1. The lowest BCUT2D eigenvalue weighted by Crippen LogP contribution is -2.51. The number of nitrogens with one attached hydrogen (secondary N) is 2. The van der Waals surface area contributed by atoms with Crippen LogP contribution in [0.5, 0.6) is 0 Å². The van der Waals surface area contributed by atoms with Gasteiger partial charge < -0.3 is 20.5 Å². The van der Waals surface area contributed by atoms with Crippen molar-refractivity contribution in [3.05, 3.63) is 59.7 Å². The van der Waals surface area contributed by atoms with Gasteiger partial charge in [0.2, 0.25) is 5.91 Å². The molecule has 164 valence electrons. The van der Waals surface area contributed by atoms with Gasteiger partial charge in [0.15, 0.2) is 0 Å². The summed E-state index contributed by atoms with van der Waals surface area (Å²) < 4.78 is 5.49. The minimum atomic E-state index is -0.995. The molecule has 2 aromatic rings. The second-order valence-corrected chi connectivity index (χ2v) is 7.85. The number of hydrogen-bond donors (Lipinski definition) is 3. The Morgan fingerprint density at radius 3 is 2.03 bits per heavy atom. The summed E-state index contributed by atoms with van der Waals surface area (Å²) in [6.07, 6.45) is -0.327. The van der Waals surface area contributed by atoms with Gasteiger partial charge in [0.1, 0.15) is 12.6 Å². The number of alkyl carbamates (subject to hydrolysis) is 1. The van der Waals surface area contributed by atoms with Crippen molar-refractivity contribution in [2.75, 3.05) is 6.61 Å². The Morgan fingerprint density at radius 2 is 1.52 bits per heavy atom. The van der Waals surface area contributed by atoms with Crippen molar-refractivity contribution in [2.24, 2.45) is 5.92 Å². The molecule has 0 radical (unpaired) electrons. The number of carbonyl (C=O) groups is 3. The summed E-state index contributed by atoms with van der Waals surface area (Å²) in [6.45, 7) is 5.06. The lowest BCUT2D eigenvalue weighted by Gasteiger charge is -2.22. The molecule has 0 bridgehead atoms. The van der Waals surface area contributed by atoms with Crippen molar-refractivity contribution in [3.8, 4) is 11.1 Å². The van der Waals surface area contributed by atoms with Crippen molar-refractivity contribution < 1.29 is 24.2 Å². The summed E-state index contributed by atoms with van der Waals surface area (Å²) in [6, 6.07) is 14.7. The number of fused-ring (bicyclic) bond motifs is 3. The third kappa shape index (κ3) is 4.87. The summed E-state index contributed by atoms with van der Waals surface area (Å²) in [4.78, 5) is 36.0. The second-order valence-electron chi connectivity index (χ2n) is 7.85. The van der Waals surface area contributed by atoms with E-state index in [1.165, 1.54) is 6.92 Å². The van der Waals surface area contributed by atoms with Crippen molar-refractivity contribution in [1.82, 2.24) is 10.6 Å². The van der Waals surface area contributed by atoms with Crippen LogP contribution in [0, 0.1) is 5.92 Å². The Bertz CT molecular complexity index is 928. The van der Waals surface area contributed by atoms with Gasteiger partial charge in [0.25, 0.3) is 0 Å². The Labute approximate surface area is 181 Å². The molecular weight excluding hydrogens is 396 g/mol. The van der Waals surface area contributed by atoms with Crippen LogP contribution in [0.4, 0.5) is 4.79 Å². The molecule has 0 saturated carbocycles. The number of ether oxygens (including phenoxy) is 1. The lowest BCUT2D eigenvalue weighted by molar-refractivity contribution is -0.142. The third-order valence-corrected chi connectivity index (χ3v) is 5.87. The molecule has 7 nitrogen and oxygen atoms in total. The molecule has 3 atom stereocenters. The fraction of sp³-hybridized carbons (Fsp3) is 0.375. The minimum absolute atomic E-state index is 0.0662. The van der Waals surface area contributed by atoms with Gasteiger partial charge in [-0.3, -0.25) is 9.59 Å². The highest BCUT2D eigenvalue weighted by atomic mass is 16.5. The molecule has 0 aliphatic heterocycles. The Balaban J connectivity index is 1.61. The third-order valence-electron chi connectivity index (χ3n) is 5.87. The number of hydrogen-bond acceptors (Lipinski definition) is 4. The zero-order valence-corrected chi connectivity index (χ0v) is 17.9. The average molecular weight is 424 g/mol. The van der Waals surface area contributed by atoms with Gasteiger partial charge in [-0.05, 0) is 42.5 Å². The van der Waals surface area contributed by atoms with Crippen LogP contribution in [0.15, 0.2) is 48.5 Å². The lowest BCUT2D eigenvalue weighted by atomic mass is 9.98. The van der Waals surface area contributed by atoms with Gasteiger partial charge >= 0.3 is 12.1 Å². The minimum Gasteiger partial charge on any atom is -0.481 e. The highest BCUT2D eigenvalue weighted by Crippen LogP contribution is 2.44. The predicted octanol–water partition coefficient (Wildman–Crippen LogP) is 3.53. The maximum absolute atomic E-state index is 12.5. The first kappa shape index (κ1) is 22.3. The largest absolute Gasteiger partial charge is 0.481 e. The van der Waals surface area contributed by atoms with Crippen LogP contribution < -0.4 is 10.6 Å². The standard InChI is InChI=1S/C24H28N2O5/c1-4-21(22(27)25-15(3)14(2)23(28)29)26-24(30)31-13-20-18-11-7-5-9-16(18)17-10-6-8-12-19(17)20/h5-12,14-15,20-21H,4,13H2,1-3H3,(H,25,27)(H,26,30)(H,28,29)/t14?,15?,21-/m1/s1. The molecule has 0 fully saturated rings. The monoisotopic (exact) mass is 424 g/mol. The van der Waals surface area contributed by atoms with Gasteiger partial charge in [-0.2, -0.15) is 0 Å². The number of rotatable bonds is 8. The van der Waals surface area contributed by atoms with E-state index in [9.17, 15) is 14.4 Å². The molecule has 2 aromatic carbocycles. The normalized spacial score (nSPS) is 15.2. The van der Waals surface area contributed by atoms with E-state index < -0.39 is 36.0 Å². The van der Waals surface area contributed by atoms with E-state index in [4.69, 9.17) is 9.84 Å². The first-order valence-electron chi connectivity index (χ1n) is 10.5. The van der Waals surface area contributed by atoms with E-state index >= 15 is 0 Å². The van der Waals surface area contributed by atoms with Crippen molar-refractivity contribution in [1.29, 1.82) is 0 Å². The summed E-state index contributed by atoms with van der Waals surface area (Å²) in [7, 11) is 0. The zero-order valence-electron chi connectivity index (χ0n) is 17.9. The van der Waals surface area contributed by atoms with E-state index in [1.807, 2.05) is 36.4 Å². The van der Waals surface area contributed by atoms with Crippen LogP contribution in [0.1, 0.15) is 44.2 Å². The molecule has 2 unspecified atom stereocenters. The van der Waals surface area contributed by atoms with Crippen LogP contribution in [-0.2, 0) is 14.3 Å². The first-order valence-corrected chi connectivity index (χ1v) is 10.5. The van der Waals surface area contributed by atoms with Gasteiger partial charge in [0.05, 0.1) is 5.92 Å². The molecule has 1 aliphatic rings. The fourth-order valence-corrected chi connectivity index (χ4v) is 3.80. The summed E-state index contributed by atoms with van der Waals surface area (Å²) in [5.74, 6) is -2.23. The number of amides is 2. The number of carboxylic acids is 1. The first-order chi connectivity index (χ1) is 14.8. The van der Waals surface area contributed by atoms with E-state index in [0.717, 1.165) is 22.3 Å². The molecule has 0 aromatic heterocycles. The van der Waals surface area contributed by atoms with Crippen molar-refractivity contribution in [3.63, 3.8) is 0 Å². The topological polar surface area (TPSA) is 105 Å². The summed E-state index contributed by atoms with van der Waals surface area (Å²) in [5, 5.41) is 14.3. The average Bonchev–Trinajstić information content (AvgIpc) is 3.09. The molecular formula is C24H28N2O5. The number of carbonyl (C=O) groups excluding carboxylic acids is 2. The highest BCUT2D eigenvalue weighted by molar-refractivity contribution is 5.86. The summed E-state index contributed by atoms with van der Waals surface area (Å²) >= 11 is 0. The molecule has 0 saturated heterocycles. The van der Waals surface area contributed by atoms with Crippen LogP contribution in [-0.4, -0.2) is 41.8 Å². The Kier molecular flexibility index (Phi) is 6.95. The summed E-state index contributed by atoms with van der Waals surface area (Å²) in [5.41, 5.74) is 4.49. The second kappa shape index (κ2) is 9.64. The fourth-order valence-electron chi connectivity index (χ4n) is 3.80. The van der Waals surface area contributed by atoms with Crippen LogP contribution in [0.25, 0.3) is 11.1 Å². The van der Waals surface area contributed by atoms with Gasteiger partial charge in [0, 0.05) is 12.0 Å². The maximum atomic E-state index is 12.5. The Morgan fingerprint density at radius 1 is 0.968 bits per heavy atom. The maximum Gasteiger partial charge on any atom is 0.407 e. The van der Waals surface area contributed by atoms with E-state index in [2.05, 4.69) is 22.8 Å². The molecule has 3 rings (SSSR count). The van der Waals surface area contributed by atoms with Gasteiger partial charge in [-0.1, -0.05) is 55.5 Å². The molecule has 3 N–H and O–H groups in total. The zero-order chi connectivity index (χ0) is 22.5. The molecule has 7 heteroatoms. The van der Waals surface area contributed by atoms with E-state index in [0.29, 0.717) is 6.42 Å². The SMILES string of the molecule is CC[C@@H](NC(=O)OCC1c2ccccc2-c2ccccc21)C(=O)NC(C)C(C)C(=O)O. The quantitative estimate of drug-likeness (QED) is 0.601. The van der Waals surface area contributed by atoms with Gasteiger partial charge in [-0.15, -0.1) is 0 Å². The van der Waals surface area contributed by atoms with Crippen LogP contribution >= 0.6 is 0 Å². The Hall–Kier alpha value is -3.35. The number of benzene rings is 2. The van der Waals surface area contributed by atoms with E-state index in [-0.39, 0.29) is 12.5 Å². The van der Waals surface area contributed by atoms with Crippen LogP contribution in [0.3, 0.4) is 0 Å². The van der Waals surface area contributed by atoms with Gasteiger partial charge in [-0.25, -0.2) is 4.79 Å². The molecule has 1 aliphatic carbocycles. The van der Waals surface area contributed by atoms with Crippen molar-refractivity contribution in [2.45, 2.75) is 45.2 Å². The molecule has 2 amide bonds. The smallest absolute Gasteiger partial charge is 0.407 e. The highest BCUT2D eigenvalue weighted by Gasteiger charge is 2.30. The molecule has 0 heterocycles. The molecule has 0 spiro atoms. The predicted molar refractivity (Wildman–Crippen MR) is 117 cm³/mol. The van der Waals surface area contributed by atoms with Crippen molar-refractivity contribution >= 4 is 18.0 Å². The molecule has 31 heavy (non-hydrogen) atoms. The number of aliphatic carboxylic acids is 1. The van der Waals surface area contributed by atoms with Crippen LogP contribution in [0.2, 0.25) is 0 Å². The van der Waals surface area contributed by atoms with E-state index in [1.54, 1.807) is 13.8 Å².